The third-order valence-corrected chi connectivity index (χ3v) is 4.17. The molecule has 4 nitrogen and oxygen atoms in total. The second-order valence-electron chi connectivity index (χ2n) is 5.71. The number of benzene rings is 1. The predicted molar refractivity (Wildman–Crippen MR) is 83.4 cm³/mol. The molecular formula is C16H21ClN2O2. The van der Waals surface area contributed by atoms with Crippen molar-refractivity contribution >= 4 is 23.4 Å². The van der Waals surface area contributed by atoms with Gasteiger partial charge < -0.3 is 10.2 Å². The fourth-order valence-electron chi connectivity index (χ4n) is 2.45. The topological polar surface area (TPSA) is 49.4 Å². The smallest absolute Gasteiger partial charge is 0.251 e. The van der Waals surface area contributed by atoms with Crippen LogP contribution in [0.2, 0.25) is 5.02 Å². The van der Waals surface area contributed by atoms with Gasteiger partial charge in [-0.15, -0.1) is 0 Å². The Morgan fingerprint density at radius 1 is 1.24 bits per heavy atom. The van der Waals surface area contributed by atoms with Crippen molar-refractivity contribution < 1.29 is 9.59 Å². The maximum atomic E-state index is 12.3. The van der Waals surface area contributed by atoms with E-state index in [1.165, 1.54) is 0 Å². The summed E-state index contributed by atoms with van der Waals surface area (Å²) in [5.74, 6) is 0.412. The molecule has 114 valence electrons. The highest BCUT2D eigenvalue weighted by molar-refractivity contribution is 6.30. The van der Waals surface area contributed by atoms with Gasteiger partial charge in [-0.2, -0.15) is 0 Å². The number of carbonyl (C=O) groups excluding carboxylic acids is 2. The van der Waals surface area contributed by atoms with Crippen LogP contribution in [0.15, 0.2) is 24.3 Å². The first-order valence-corrected chi connectivity index (χ1v) is 7.70. The lowest BCUT2D eigenvalue weighted by Crippen LogP contribution is -2.49. The van der Waals surface area contributed by atoms with Gasteiger partial charge in [-0.25, -0.2) is 0 Å². The van der Waals surface area contributed by atoms with E-state index in [1.807, 2.05) is 4.90 Å². The molecule has 1 unspecified atom stereocenters. The van der Waals surface area contributed by atoms with Gasteiger partial charge in [-0.1, -0.05) is 18.5 Å². The van der Waals surface area contributed by atoms with Gasteiger partial charge in [-0.3, -0.25) is 9.59 Å². The van der Waals surface area contributed by atoms with Crippen LogP contribution in [0.25, 0.3) is 0 Å². The minimum Gasteiger partial charge on any atom is -0.341 e. The molecule has 1 aliphatic rings. The average molecular weight is 309 g/mol. The molecule has 21 heavy (non-hydrogen) atoms. The van der Waals surface area contributed by atoms with Crippen LogP contribution in [-0.4, -0.2) is 35.8 Å². The molecule has 0 saturated carbocycles. The molecule has 1 saturated heterocycles. The summed E-state index contributed by atoms with van der Waals surface area (Å²) in [5, 5.41) is 3.33. The van der Waals surface area contributed by atoms with E-state index >= 15 is 0 Å². The van der Waals surface area contributed by atoms with Gasteiger partial charge in [0.25, 0.3) is 5.91 Å². The van der Waals surface area contributed by atoms with Crippen LogP contribution < -0.4 is 5.32 Å². The highest BCUT2D eigenvalue weighted by Crippen LogP contribution is 2.16. The minimum absolute atomic E-state index is 0.00999. The lowest BCUT2D eigenvalue weighted by molar-refractivity contribution is -0.134. The molecule has 1 N–H and O–H groups in total. The van der Waals surface area contributed by atoms with Gasteiger partial charge in [0.1, 0.15) is 6.04 Å². The first-order chi connectivity index (χ1) is 9.97. The summed E-state index contributed by atoms with van der Waals surface area (Å²) in [6.45, 7) is 5.49. The van der Waals surface area contributed by atoms with Gasteiger partial charge in [0, 0.05) is 23.7 Å². The number of likely N-dealkylation sites (tertiary alicyclic amines) is 1. The molecule has 0 aromatic heterocycles. The van der Waals surface area contributed by atoms with Gasteiger partial charge in [0.2, 0.25) is 5.91 Å². The predicted octanol–water partition coefficient (Wildman–Crippen LogP) is 2.72. The highest BCUT2D eigenvalue weighted by atomic mass is 35.5. The number of amides is 2. The number of hydrogen-bond acceptors (Lipinski definition) is 2. The molecule has 1 aromatic rings. The van der Waals surface area contributed by atoms with E-state index in [0.29, 0.717) is 16.5 Å². The maximum Gasteiger partial charge on any atom is 0.251 e. The van der Waals surface area contributed by atoms with E-state index in [-0.39, 0.29) is 11.8 Å². The van der Waals surface area contributed by atoms with Gasteiger partial charge in [0.15, 0.2) is 0 Å². The second kappa shape index (κ2) is 6.94. The van der Waals surface area contributed by atoms with Crippen LogP contribution in [0.3, 0.4) is 0 Å². The Morgan fingerprint density at radius 2 is 1.81 bits per heavy atom. The first kappa shape index (κ1) is 15.8. The van der Waals surface area contributed by atoms with Crippen LogP contribution in [0.4, 0.5) is 0 Å². The molecule has 0 bridgehead atoms. The van der Waals surface area contributed by atoms with E-state index in [1.54, 1.807) is 31.2 Å². The number of rotatable bonds is 3. The second-order valence-corrected chi connectivity index (χ2v) is 6.15. The van der Waals surface area contributed by atoms with Gasteiger partial charge in [-0.05, 0) is 49.9 Å². The normalized spacial score (nSPS) is 17.4. The quantitative estimate of drug-likeness (QED) is 0.933. The number of nitrogens with zero attached hydrogens (tertiary/aromatic N) is 1. The van der Waals surface area contributed by atoms with Crippen molar-refractivity contribution in [1.82, 2.24) is 10.2 Å². The molecule has 0 spiro atoms. The molecule has 1 fully saturated rings. The fourth-order valence-corrected chi connectivity index (χ4v) is 2.57. The van der Waals surface area contributed by atoms with Crippen molar-refractivity contribution in [2.45, 2.75) is 32.7 Å². The third kappa shape index (κ3) is 4.21. The third-order valence-electron chi connectivity index (χ3n) is 3.92. The number of halogens is 1. The van der Waals surface area contributed by atoms with Crippen LogP contribution >= 0.6 is 11.6 Å². The van der Waals surface area contributed by atoms with E-state index in [4.69, 9.17) is 11.6 Å². The van der Waals surface area contributed by atoms with Crippen molar-refractivity contribution in [3.05, 3.63) is 34.9 Å². The largest absolute Gasteiger partial charge is 0.341 e. The lowest BCUT2D eigenvalue weighted by atomic mass is 9.99. The zero-order chi connectivity index (χ0) is 15.4. The van der Waals surface area contributed by atoms with Crippen LogP contribution in [-0.2, 0) is 4.79 Å². The summed E-state index contributed by atoms with van der Waals surface area (Å²) in [4.78, 5) is 26.2. The van der Waals surface area contributed by atoms with E-state index < -0.39 is 6.04 Å². The molecule has 1 atom stereocenters. The lowest BCUT2D eigenvalue weighted by Gasteiger charge is -2.32. The molecule has 1 aromatic carbocycles. The SMILES string of the molecule is CC1CCN(C(=O)C(C)NC(=O)c2ccc(Cl)cc2)CC1. The summed E-state index contributed by atoms with van der Waals surface area (Å²) in [7, 11) is 0. The Balaban J connectivity index is 1.91. The zero-order valence-electron chi connectivity index (χ0n) is 12.4. The Labute approximate surface area is 130 Å². The molecule has 0 radical (unpaired) electrons. The molecule has 0 aliphatic carbocycles. The molecule has 1 heterocycles. The number of hydrogen-bond donors (Lipinski definition) is 1. The molecule has 2 rings (SSSR count). The Hall–Kier alpha value is -1.55. The van der Waals surface area contributed by atoms with Crippen molar-refractivity contribution in [1.29, 1.82) is 0 Å². The van der Waals surface area contributed by atoms with Crippen molar-refractivity contribution in [2.75, 3.05) is 13.1 Å². The molecule has 1 aliphatic heterocycles. The molecule has 2 amide bonds. The van der Waals surface area contributed by atoms with Crippen LogP contribution in [0.5, 0.6) is 0 Å². The molecular weight excluding hydrogens is 288 g/mol. The summed E-state index contributed by atoms with van der Waals surface area (Å²) in [5.41, 5.74) is 0.506. The Bertz CT molecular complexity index is 508. The van der Waals surface area contributed by atoms with Gasteiger partial charge >= 0.3 is 0 Å². The van der Waals surface area contributed by atoms with Crippen molar-refractivity contribution in [3.8, 4) is 0 Å². The monoisotopic (exact) mass is 308 g/mol. The van der Waals surface area contributed by atoms with E-state index in [2.05, 4.69) is 12.2 Å². The minimum atomic E-state index is -0.512. The zero-order valence-corrected chi connectivity index (χ0v) is 13.2. The summed E-state index contributed by atoms with van der Waals surface area (Å²) in [6.07, 6.45) is 2.06. The standard InChI is InChI=1S/C16H21ClN2O2/c1-11-7-9-19(10-8-11)16(21)12(2)18-15(20)13-3-5-14(17)6-4-13/h3-6,11-12H,7-10H2,1-2H3,(H,18,20). The van der Waals surface area contributed by atoms with Crippen molar-refractivity contribution in [3.63, 3.8) is 0 Å². The summed E-state index contributed by atoms with van der Waals surface area (Å²) in [6, 6.07) is 6.11. The summed E-state index contributed by atoms with van der Waals surface area (Å²) < 4.78 is 0. The first-order valence-electron chi connectivity index (χ1n) is 7.32. The average Bonchev–Trinajstić information content (AvgIpc) is 2.47. The summed E-state index contributed by atoms with van der Waals surface area (Å²) >= 11 is 5.79. The Kier molecular flexibility index (Phi) is 5.23. The maximum absolute atomic E-state index is 12.3. The number of carbonyl (C=O) groups is 2. The van der Waals surface area contributed by atoms with E-state index in [0.717, 1.165) is 25.9 Å². The van der Waals surface area contributed by atoms with E-state index in [9.17, 15) is 9.59 Å². The van der Waals surface area contributed by atoms with Gasteiger partial charge in [0.05, 0.1) is 0 Å². The highest BCUT2D eigenvalue weighted by Gasteiger charge is 2.25. The molecule has 5 heteroatoms. The van der Waals surface area contributed by atoms with Crippen molar-refractivity contribution in [2.24, 2.45) is 5.92 Å². The number of nitrogens with one attached hydrogen (secondary N) is 1. The fraction of sp³-hybridized carbons (Fsp3) is 0.500. The Morgan fingerprint density at radius 3 is 2.38 bits per heavy atom. The van der Waals surface area contributed by atoms with Crippen LogP contribution in [0.1, 0.15) is 37.0 Å². The number of piperidine rings is 1. The van der Waals surface area contributed by atoms with Crippen LogP contribution in [0, 0.1) is 5.92 Å².